The molecule has 0 bridgehead atoms. The summed E-state index contributed by atoms with van der Waals surface area (Å²) in [5, 5.41) is 19.9. The van der Waals surface area contributed by atoms with Crippen molar-refractivity contribution in [2.75, 3.05) is 32.8 Å². The van der Waals surface area contributed by atoms with E-state index >= 15 is 0 Å². The summed E-state index contributed by atoms with van der Waals surface area (Å²) in [6, 6.07) is 3.48. The van der Waals surface area contributed by atoms with Gasteiger partial charge in [-0.1, -0.05) is 0 Å². The molecular formula is C29H36N4O9. The zero-order valence-corrected chi connectivity index (χ0v) is 24.0. The molecule has 13 heteroatoms. The van der Waals surface area contributed by atoms with E-state index < -0.39 is 47.8 Å². The molecular weight excluding hydrogens is 548 g/mol. The molecule has 2 fully saturated rings. The number of hydrogen-bond donors (Lipinski definition) is 3. The van der Waals surface area contributed by atoms with Crippen LogP contribution < -0.4 is 10.5 Å². The molecule has 1 aliphatic heterocycles. The molecule has 0 radical (unpaired) electrons. The third-order valence-corrected chi connectivity index (χ3v) is 8.07. The molecule has 3 amide bonds. The van der Waals surface area contributed by atoms with E-state index in [0.29, 0.717) is 17.3 Å². The van der Waals surface area contributed by atoms with Crippen molar-refractivity contribution in [2.45, 2.75) is 64.4 Å². The number of carboxylic acids is 2. The number of aryl methyl sites for hydroxylation is 2. The van der Waals surface area contributed by atoms with Gasteiger partial charge in [0.1, 0.15) is 11.3 Å². The lowest BCUT2D eigenvalue weighted by atomic mass is 9.80. The second-order valence-electron chi connectivity index (χ2n) is 10.8. The van der Waals surface area contributed by atoms with Crippen LogP contribution in [-0.4, -0.2) is 93.2 Å². The van der Waals surface area contributed by atoms with E-state index in [4.69, 9.17) is 15.2 Å². The summed E-state index contributed by atoms with van der Waals surface area (Å²) in [6.07, 6.45) is -0.0366. The maximum absolute atomic E-state index is 14.0. The first-order valence-corrected chi connectivity index (χ1v) is 14.0. The number of rotatable bonds is 10. The monoisotopic (exact) mass is 584 g/mol. The molecule has 1 saturated heterocycles. The molecule has 13 nitrogen and oxygen atoms in total. The fraction of sp³-hybridized carbons (Fsp3) is 0.517. The number of aromatic nitrogens is 1. The van der Waals surface area contributed by atoms with Crippen molar-refractivity contribution in [3.8, 4) is 5.75 Å². The predicted octanol–water partition coefficient (Wildman–Crippen LogP) is 2.59. The summed E-state index contributed by atoms with van der Waals surface area (Å²) in [7, 11) is 0. The average Bonchev–Trinajstić information content (AvgIpc) is 2.91. The summed E-state index contributed by atoms with van der Waals surface area (Å²) >= 11 is 0. The average molecular weight is 585 g/mol. The Bertz CT molecular complexity index is 1430. The highest BCUT2D eigenvalue weighted by molar-refractivity contribution is 6.05. The predicted molar refractivity (Wildman–Crippen MR) is 149 cm³/mol. The number of nitrogens with two attached hydrogens (primary N) is 1. The summed E-state index contributed by atoms with van der Waals surface area (Å²) < 4.78 is 11.2. The first kappa shape index (κ1) is 30.5. The van der Waals surface area contributed by atoms with Crippen LogP contribution in [0.3, 0.4) is 0 Å². The third-order valence-electron chi connectivity index (χ3n) is 8.07. The molecule has 0 spiro atoms. The van der Waals surface area contributed by atoms with Crippen molar-refractivity contribution in [3.63, 3.8) is 0 Å². The second-order valence-corrected chi connectivity index (χ2v) is 10.8. The summed E-state index contributed by atoms with van der Waals surface area (Å²) in [5.41, 5.74) is 6.05. The zero-order chi connectivity index (χ0) is 30.8. The van der Waals surface area contributed by atoms with Crippen LogP contribution in [0.2, 0.25) is 0 Å². The number of carbonyl (C=O) groups excluding carboxylic acids is 3. The second kappa shape index (κ2) is 12.2. The van der Waals surface area contributed by atoms with Crippen molar-refractivity contribution >= 4 is 40.7 Å². The van der Waals surface area contributed by atoms with E-state index in [1.807, 2.05) is 13.8 Å². The van der Waals surface area contributed by atoms with Gasteiger partial charge in [-0.25, -0.2) is 9.59 Å². The SMILES string of the molecule is CCOC(=O)N1CCN(C(=O)C(CCC(=O)O)c2nc3cc(C)c(C)cc3c(OC3(C(=O)O)CCC3)c2C(N)=O)CC1. The number of aliphatic carboxylic acids is 2. The lowest BCUT2D eigenvalue weighted by Crippen LogP contribution is -2.52. The third kappa shape index (κ3) is 5.95. The van der Waals surface area contributed by atoms with Gasteiger partial charge in [-0.05, 0) is 69.7 Å². The van der Waals surface area contributed by atoms with E-state index in [2.05, 4.69) is 4.98 Å². The molecule has 1 saturated carbocycles. The van der Waals surface area contributed by atoms with Crippen LogP contribution in [0.5, 0.6) is 5.75 Å². The van der Waals surface area contributed by atoms with E-state index in [1.54, 1.807) is 19.1 Å². The molecule has 1 atom stereocenters. The number of carbonyl (C=O) groups is 5. The van der Waals surface area contributed by atoms with E-state index in [0.717, 1.165) is 11.1 Å². The number of fused-ring (bicyclic) bond motifs is 1. The van der Waals surface area contributed by atoms with Crippen LogP contribution in [0.25, 0.3) is 10.9 Å². The molecule has 4 rings (SSSR count). The Morgan fingerprint density at radius 2 is 1.64 bits per heavy atom. The molecule has 1 unspecified atom stereocenters. The molecule has 4 N–H and O–H groups in total. The van der Waals surface area contributed by atoms with Gasteiger partial charge in [-0.15, -0.1) is 0 Å². The highest BCUT2D eigenvalue weighted by atomic mass is 16.6. The summed E-state index contributed by atoms with van der Waals surface area (Å²) in [6.45, 7) is 6.35. The van der Waals surface area contributed by atoms with E-state index in [1.165, 1.54) is 9.80 Å². The maximum Gasteiger partial charge on any atom is 0.409 e. The topological polar surface area (TPSA) is 190 Å². The van der Waals surface area contributed by atoms with Crippen LogP contribution in [0.15, 0.2) is 12.1 Å². The van der Waals surface area contributed by atoms with Gasteiger partial charge in [-0.3, -0.25) is 19.4 Å². The number of benzene rings is 1. The van der Waals surface area contributed by atoms with Crippen molar-refractivity contribution in [1.29, 1.82) is 0 Å². The number of nitrogens with zero attached hydrogens (tertiary/aromatic N) is 3. The quantitative estimate of drug-likeness (QED) is 0.374. The Kier molecular flexibility index (Phi) is 8.88. The lowest BCUT2D eigenvalue weighted by molar-refractivity contribution is -0.163. The van der Waals surface area contributed by atoms with Gasteiger partial charge >= 0.3 is 18.0 Å². The highest BCUT2D eigenvalue weighted by Gasteiger charge is 2.48. The van der Waals surface area contributed by atoms with Gasteiger partial charge in [0.05, 0.1) is 23.7 Å². The number of hydrogen-bond acceptors (Lipinski definition) is 8. The van der Waals surface area contributed by atoms with Crippen LogP contribution in [0, 0.1) is 13.8 Å². The standard InChI is InChI=1S/C29H36N4O9/c1-4-41-28(40)33-12-10-32(11-13-33)26(37)18(6-7-21(34)35)23-22(25(30)36)24(42-29(27(38)39)8-5-9-29)19-14-16(2)17(3)15-20(19)31-23/h14-15,18H,4-13H2,1-3H3,(H2,30,36)(H,34,35)(H,38,39). The fourth-order valence-electron chi connectivity index (χ4n) is 5.35. The fourth-order valence-corrected chi connectivity index (χ4v) is 5.35. The number of pyridine rings is 1. The molecule has 226 valence electrons. The number of piperazine rings is 1. The van der Waals surface area contributed by atoms with Gasteiger partial charge in [0.15, 0.2) is 0 Å². The van der Waals surface area contributed by atoms with Gasteiger partial charge in [0.2, 0.25) is 11.5 Å². The Morgan fingerprint density at radius 3 is 2.17 bits per heavy atom. The maximum atomic E-state index is 14.0. The summed E-state index contributed by atoms with van der Waals surface area (Å²) in [5.74, 6) is -5.07. The van der Waals surface area contributed by atoms with Gasteiger partial charge in [0.25, 0.3) is 5.91 Å². The number of primary amides is 1. The lowest BCUT2D eigenvalue weighted by Gasteiger charge is -2.39. The van der Waals surface area contributed by atoms with Crippen molar-refractivity contribution in [3.05, 3.63) is 34.5 Å². The first-order chi connectivity index (χ1) is 19.9. The van der Waals surface area contributed by atoms with Crippen LogP contribution in [-0.2, 0) is 19.1 Å². The zero-order valence-electron chi connectivity index (χ0n) is 24.0. The van der Waals surface area contributed by atoms with E-state index in [9.17, 15) is 34.2 Å². The van der Waals surface area contributed by atoms with Gasteiger partial charge in [-0.2, -0.15) is 0 Å². The van der Waals surface area contributed by atoms with Crippen molar-refractivity contribution < 1.29 is 43.7 Å². The van der Waals surface area contributed by atoms with E-state index in [-0.39, 0.29) is 69.1 Å². The smallest absolute Gasteiger partial charge is 0.409 e. The minimum absolute atomic E-state index is 0.0628. The molecule has 1 aromatic heterocycles. The van der Waals surface area contributed by atoms with Gasteiger partial charge < -0.3 is 35.2 Å². The molecule has 2 aliphatic rings. The highest BCUT2D eigenvalue weighted by Crippen LogP contribution is 2.43. The Balaban J connectivity index is 1.84. The number of amides is 3. The van der Waals surface area contributed by atoms with Gasteiger partial charge in [0, 0.05) is 38.0 Å². The first-order valence-electron chi connectivity index (χ1n) is 14.0. The van der Waals surface area contributed by atoms with Crippen molar-refractivity contribution in [2.24, 2.45) is 5.73 Å². The van der Waals surface area contributed by atoms with Crippen LogP contribution in [0.1, 0.15) is 72.1 Å². The minimum Gasteiger partial charge on any atom is -0.481 e. The van der Waals surface area contributed by atoms with Crippen LogP contribution >= 0.6 is 0 Å². The van der Waals surface area contributed by atoms with Crippen LogP contribution in [0.4, 0.5) is 4.79 Å². The Morgan fingerprint density at radius 1 is 1.02 bits per heavy atom. The molecule has 1 aliphatic carbocycles. The number of ether oxygens (including phenoxy) is 2. The Hall–Kier alpha value is -4.42. The molecule has 1 aromatic carbocycles. The summed E-state index contributed by atoms with van der Waals surface area (Å²) in [4.78, 5) is 70.7. The molecule has 2 aromatic rings. The Labute approximate surface area is 242 Å². The van der Waals surface area contributed by atoms with Crippen molar-refractivity contribution in [1.82, 2.24) is 14.8 Å². The largest absolute Gasteiger partial charge is 0.481 e. The number of carboxylic acid groups (broad SMARTS) is 2. The minimum atomic E-state index is -1.57. The molecule has 42 heavy (non-hydrogen) atoms. The normalized spacial score (nSPS) is 16.8. The molecule has 2 heterocycles.